The fourth-order valence-electron chi connectivity index (χ4n) is 4.02. The zero-order chi connectivity index (χ0) is 19.6. The molecule has 1 saturated carbocycles. The molecular weight excluding hydrogens is 500 g/mol. The smallest absolute Gasteiger partial charge is 0.407 e. The minimum Gasteiger partial charge on any atom is -0.465 e. The number of rotatable bonds is 5. The number of hydrogen-bond acceptors (Lipinski definition) is 3. The molecule has 2 fully saturated rings. The van der Waals surface area contributed by atoms with E-state index >= 15 is 0 Å². The topological polar surface area (TPSA) is 77.9 Å². The molecule has 1 amide bonds. The molecule has 6 nitrogen and oxygen atoms in total. The van der Waals surface area contributed by atoms with Gasteiger partial charge >= 0.3 is 6.09 Å². The Balaban J connectivity index is 1.92. The highest BCUT2D eigenvalue weighted by atomic mass is 79.9. The van der Waals surface area contributed by atoms with Gasteiger partial charge in [-0.15, -0.1) is 0 Å². The number of benzene rings is 1. The van der Waals surface area contributed by atoms with E-state index in [0.29, 0.717) is 34.4 Å². The molecule has 1 saturated heterocycles. The van der Waals surface area contributed by atoms with Crippen LogP contribution in [0.1, 0.15) is 38.5 Å². The summed E-state index contributed by atoms with van der Waals surface area (Å²) >= 11 is 6.73. The predicted molar refractivity (Wildman–Crippen MR) is 110 cm³/mol. The largest absolute Gasteiger partial charge is 0.465 e. The van der Waals surface area contributed by atoms with Gasteiger partial charge in [0.25, 0.3) is 0 Å². The van der Waals surface area contributed by atoms with Crippen LogP contribution in [-0.4, -0.2) is 54.5 Å². The molecule has 150 valence electrons. The number of carboxylic acid groups (broad SMARTS) is 1. The summed E-state index contributed by atoms with van der Waals surface area (Å²) in [6.45, 7) is 1.06. The molecule has 9 heteroatoms. The third kappa shape index (κ3) is 4.86. The lowest BCUT2D eigenvalue weighted by molar-refractivity contribution is 0.151. The average molecular weight is 524 g/mol. The third-order valence-electron chi connectivity index (χ3n) is 5.48. The van der Waals surface area contributed by atoms with Gasteiger partial charge in [-0.2, -0.15) is 4.31 Å². The summed E-state index contributed by atoms with van der Waals surface area (Å²) in [5.41, 5.74) is 0. The predicted octanol–water partition coefficient (Wildman–Crippen LogP) is 4.53. The normalized spacial score (nSPS) is 21.7. The summed E-state index contributed by atoms with van der Waals surface area (Å²) < 4.78 is 29.9. The molecule has 1 aliphatic carbocycles. The first-order valence-electron chi connectivity index (χ1n) is 9.24. The number of likely N-dealkylation sites (tertiary alicyclic amines) is 1. The van der Waals surface area contributed by atoms with Gasteiger partial charge in [0, 0.05) is 34.6 Å². The van der Waals surface area contributed by atoms with Crippen LogP contribution in [0.3, 0.4) is 0 Å². The molecule has 1 N–H and O–H groups in total. The van der Waals surface area contributed by atoms with E-state index in [0.717, 1.165) is 25.7 Å². The lowest BCUT2D eigenvalue weighted by Gasteiger charge is -2.33. The van der Waals surface area contributed by atoms with Crippen molar-refractivity contribution in [1.82, 2.24) is 9.21 Å². The van der Waals surface area contributed by atoms with Gasteiger partial charge in [-0.25, -0.2) is 13.2 Å². The highest BCUT2D eigenvalue weighted by Crippen LogP contribution is 2.33. The van der Waals surface area contributed by atoms with Crippen LogP contribution in [0.4, 0.5) is 4.79 Å². The van der Waals surface area contributed by atoms with Crippen molar-refractivity contribution in [2.24, 2.45) is 5.92 Å². The quantitative estimate of drug-likeness (QED) is 0.614. The van der Waals surface area contributed by atoms with Crippen molar-refractivity contribution in [3.8, 4) is 0 Å². The number of sulfonamides is 1. The van der Waals surface area contributed by atoms with Crippen molar-refractivity contribution in [2.45, 2.75) is 49.5 Å². The Hall–Kier alpha value is -0.640. The van der Waals surface area contributed by atoms with Crippen LogP contribution in [0.15, 0.2) is 32.0 Å². The SMILES string of the molecule is O=C(O)N1CC[C@@H](N(CC2CCCCC2)S(=O)(=O)c2cc(Br)ccc2Br)C1. The van der Waals surface area contributed by atoms with E-state index in [4.69, 9.17) is 0 Å². The Morgan fingerprint density at radius 1 is 1.19 bits per heavy atom. The van der Waals surface area contributed by atoms with Crippen molar-refractivity contribution < 1.29 is 18.3 Å². The van der Waals surface area contributed by atoms with E-state index in [2.05, 4.69) is 31.9 Å². The van der Waals surface area contributed by atoms with Crippen LogP contribution < -0.4 is 0 Å². The summed E-state index contributed by atoms with van der Waals surface area (Å²) in [5.74, 6) is 0.332. The summed E-state index contributed by atoms with van der Waals surface area (Å²) in [6, 6.07) is 4.79. The van der Waals surface area contributed by atoms with Gasteiger partial charge in [0.2, 0.25) is 10.0 Å². The van der Waals surface area contributed by atoms with E-state index in [-0.39, 0.29) is 17.5 Å². The Morgan fingerprint density at radius 3 is 2.52 bits per heavy atom. The molecule has 0 unspecified atom stereocenters. The molecule has 1 aliphatic heterocycles. The Bertz CT molecular complexity index is 797. The van der Waals surface area contributed by atoms with Crippen LogP contribution in [0.5, 0.6) is 0 Å². The maximum Gasteiger partial charge on any atom is 0.407 e. The van der Waals surface area contributed by atoms with Gasteiger partial charge < -0.3 is 10.0 Å². The molecule has 1 aromatic rings. The minimum atomic E-state index is -3.75. The first-order valence-corrected chi connectivity index (χ1v) is 12.3. The average Bonchev–Trinajstić information content (AvgIpc) is 3.12. The second kappa shape index (κ2) is 8.80. The van der Waals surface area contributed by atoms with Crippen molar-refractivity contribution in [3.63, 3.8) is 0 Å². The van der Waals surface area contributed by atoms with Gasteiger partial charge in [-0.05, 0) is 59.3 Å². The fraction of sp³-hybridized carbons (Fsp3) is 0.611. The molecule has 27 heavy (non-hydrogen) atoms. The summed E-state index contributed by atoms with van der Waals surface area (Å²) in [5, 5.41) is 9.28. The van der Waals surface area contributed by atoms with E-state index in [1.54, 1.807) is 22.5 Å². The van der Waals surface area contributed by atoms with Crippen molar-refractivity contribution in [3.05, 3.63) is 27.1 Å². The molecule has 1 atom stereocenters. The van der Waals surface area contributed by atoms with Crippen LogP contribution in [0, 0.1) is 5.92 Å². The molecule has 1 aromatic carbocycles. The molecule has 3 rings (SSSR count). The van der Waals surface area contributed by atoms with Gasteiger partial charge in [-0.1, -0.05) is 35.2 Å². The second-order valence-electron chi connectivity index (χ2n) is 7.32. The van der Waals surface area contributed by atoms with Crippen molar-refractivity contribution >= 4 is 48.0 Å². The molecule has 1 heterocycles. The monoisotopic (exact) mass is 522 g/mol. The molecule has 0 aromatic heterocycles. The van der Waals surface area contributed by atoms with E-state index in [1.807, 2.05) is 0 Å². The summed E-state index contributed by atoms with van der Waals surface area (Å²) in [6.07, 6.45) is 5.06. The second-order valence-corrected chi connectivity index (χ2v) is 11.0. The third-order valence-corrected chi connectivity index (χ3v) is 8.89. The molecular formula is C18H24Br2N2O4S. The summed E-state index contributed by atoms with van der Waals surface area (Å²) in [7, 11) is -3.75. The van der Waals surface area contributed by atoms with Crippen molar-refractivity contribution in [2.75, 3.05) is 19.6 Å². The van der Waals surface area contributed by atoms with E-state index in [1.165, 1.54) is 11.3 Å². The first-order chi connectivity index (χ1) is 12.8. The molecule has 2 aliphatic rings. The van der Waals surface area contributed by atoms with Gasteiger partial charge in [-0.3, -0.25) is 0 Å². The van der Waals surface area contributed by atoms with Gasteiger partial charge in [0.1, 0.15) is 0 Å². The van der Waals surface area contributed by atoms with Crippen LogP contribution in [0.25, 0.3) is 0 Å². The molecule has 0 spiro atoms. The highest BCUT2D eigenvalue weighted by Gasteiger charge is 2.39. The van der Waals surface area contributed by atoms with Crippen LogP contribution in [0.2, 0.25) is 0 Å². The van der Waals surface area contributed by atoms with Crippen molar-refractivity contribution in [1.29, 1.82) is 0 Å². The lowest BCUT2D eigenvalue weighted by atomic mass is 9.89. The molecule has 0 bridgehead atoms. The van der Waals surface area contributed by atoms with Crippen LogP contribution >= 0.6 is 31.9 Å². The highest BCUT2D eigenvalue weighted by molar-refractivity contribution is 9.11. The Labute approximate surface area is 177 Å². The maximum absolute atomic E-state index is 13.6. The zero-order valence-electron chi connectivity index (χ0n) is 15.0. The number of nitrogens with zero attached hydrogens (tertiary/aromatic N) is 2. The Morgan fingerprint density at radius 2 is 1.89 bits per heavy atom. The minimum absolute atomic E-state index is 0.224. The number of halogens is 2. The zero-order valence-corrected chi connectivity index (χ0v) is 19.0. The Kier molecular flexibility index (Phi) is 6.87. The van der Waals surface area contributed by atoms with Crippen LogP contribution in [-0.2, 0) is 10.0 Å². The summed E-state index contributed by atoms with van der Waals surface area (Å²) in [4.78, 5) is 12.9. The first kappa shape index (κ1) is 21.1. The standard InChI is InChI=1S/C18H24Br2N2O4S/c19-14-6-7-16(20)17(10-14)27(25,26)22(11-13-4-2-1-3-5-13)15-8-9-21(12-15)18(23)24/h6-7,10,13,15H,1-5,8-9,11-12H2,(H,23,24)/t15-/m1/s1. The fourth-order valence-corrected chi connectivity index (χ4v) is 7.21. The van der Waals surface area contributed by atoms with E-state index < -0.39 is 16.1 Å². The van der Waals surface area contributed by atoms with Gasteiger partial charge in [0.05, 0.1) is 4.90 Å². The molecule has 0 radical (unpaired) electrons. The van der Waals surface area contributed by atoms with Gasteiger partial charge in [0.15, 0.2) is 0 Å². The number of carbonyl (C=O) groups is 1. The number of hydrogen-bond donors (Lipinski definition) is 1. The van der Waals surface area contributed by atoms with E-state index in [9.17, 15) is 18.3 Å². The maximum atomic E-state index is 13.6. The number of amides is 1. The lowest BCUT2D eigenvalue weighted by Crippen LogP contribution is -2.45.